The van der Waals surface area contributed by atoms with Gasteiger partial charge in [0.15, 0.2) is 0 Å². The molecule has 2 aromatic heterocycles. The molecule has 0 spiro atoms. The Morgan fingerprint density at radius 2 is 2.19 bits per heavy atom. The molecule has 0 aliphatic rings. The van der Waals surface area contributed by atoms with Gasteiger partial charge in [-0.2, -0.15) is 0 Å². The van der Waals surface area contributed by atoms with Crippen LogP contribution in [0.1, 0.15) is 32.3 Å². The van der Waals surface area contributed by atoms with Crippen LogP contribution >= 0.6 is 11.3 Å². The molecular formula is C15H21N3O2S. The Labute approximate surface area is 128 Å². The Balaban J connectivity index is 2.09. The van der Waals surface area contributed by atoms with E-state index in [2.05, 4.69) is 34.5 Å². The van der Waals surface area contributed by atoms with Gasteiger partial charge in [-0.1, -0.05) is 13.8 Å². The molecule has 21 heavy (non-hydrogen) atoms. The maximum Gasteiger partial charge on any atom is 0.303 e. The number of thiophene rings is 1. The number of fused-ring (bicyclic) bond motifs is 1. The van der Waals surface area contributed by atoms with Crippen molar-refractivity contribution in [2.75, 3.05) is 11.9 Å². The highest BCUT2D eigenvalue weighted by Gasteiger charge is 2.16. The Morgan fingerprint density at radius 1 is 1.43 bits per heavy atom. The van der Waals surface area contributed by atoms with Crippen LogP contribution in [-0.4, -0.2) is 27.6 Å². The van der Waals surface area contributed by atoms with Crippen LogP contribution in [0, 0.1) is 18.8 Å². The summed E-state index contributed by atoms with van der Waals surface area (Å²) in [5.41, 5.74) is 2.11. The van der Waals surface area contributed by atoms with Gasteiger partial charge in [0.2, 0.25) is 0 Å². The third kappa shape index (κ3) is 4.14. The lowest BCUT2D eigenvalue weighted by Gasteiger charge is -2.18. The zero-order chi connectivity index (χ0) is 15.4. The van der Waals surface area contributed by atoms with Crippen LogP contribution in [0.5, 0.6) is 0 Å². The predicted molar refractivity (Wildman–Crippen MR) is 85.8 cm³/mol. The van der Waals surface area contributed by atoms with E-state index in [0.717, 1.165) is 28.0 Å². The molecule has 0 bridgehead atoms. The SMILES string of the molecule is Cc1csc2c(NCC(CC(=O)O)CC(C)C)ncnc12. The standard InChI is InChI=1S/C15H21N3O2S/c1-9(2)4-11(5-12(19)20)6-16-15-14-13(17-8-18-15)10(3)7-21-14/h7-9,11H,4-6H2,1-3H3,(H,19,20)(H,16,17,18). The summed E-state index contributed by atoms with van der Waals surface area (Å²) in [6, 6.07) is 0. The zero-order valence-corrected chi connectivity index (χ0v) is 13.4. The van der Waals surface area contributed by atoms with Crippen LogP contribution in [0.4, 0.5) is 5.82 Å². The number of rotatable bonds is 7. The average molecular weight is 307 g/mol. The summed E-state index contributed by atoms with van der Waals surface area (Å²) in [6.45, 7) is 6.87. The van der Waals surface area contributed by atoms with E-state index in [1.165, 1.54) is 0 Å². The Kier molecular flexibility index (Phi) is 5.12. The molecule has 0 saturated heterocycles. The number of hydrogen-bond donors (Lipinski definition) is 2. The van der Waals surface area contributed by atoms with Gasteiger partial charge in [0.05, 0.1) is 10.2 Å². The molecule has 0 amide bonds. The zero-order valence-electron chi connectivity index (χ0n) is 12.6. The normalized spacial score (nSPS) is 12.8. The maximum atomic E-state index is 11.0. The predicted octanol–water partition coefficient (Wildman–Crippen LogP) is 3.55. The van der Waals surface area contributed by atoms with E-state index in [0.29, 0.717) is 12.5 Å². The molecule has 0 saturated carbocycles. The van der Waals surface area contributed by atoms with Gasteiger partial charge in [0, 0.05) is 13.0 Å². The van der Waals surface area contributed by atoms with Gasteiger partial charge in [0.1, 0.15) is 12.1 Å². The first kappa shape index (κ1) is 15.7. The highest BCUT2D eigenvalue weighted by Crippen LogP contribution is 2.29. The number of aliphatic carboxylic acids is 1. The van der Waals surface area contributed by atoms with Crippen molar-refractivity contribution in [1.82, 2.24) is 9.97 Å². The number of anilines is 1. The number of hydrogen-bond acceptors (Lipinski definition) is 5. The second-order valence-corrected chi connectivity index (χ2v) is 6.67. The van der Waals surface area contributed by atoms with Crippen molar-refractivity contribution >= 4 is 33.3 Å². The van der Waals surface area contributed by atoms with Crippen molar-refractivity contribution in [2.45, 2.75) is 33.6 Å². The van der Waals surface area contributed by atoms with Crippen LogP contribution in [0.2, 0.25) is 0 Å². The largest absolute Gasteiger partial charge is 0.481 e. The highest BCUT2D eigenvalue weighted by atomic mass is 32.1. The van der Waals surface area contributed by atoms with Crippen LogP contribution in [0.15, 0.2) is 11.7 Å². The molecule has 2 rings (SSSR count). The molecule has 114 valence electrons. The summed E-state index contributed by atoms with van der Waals surface area (Å²) in [6.07, 6.45) is 2.62. The second kappa shape index (κ2) is 6.85. The van der Waals surface area contributed by atoms with E-state index in [9.17, 15) is 4.79 Å². The molecule has 2 N–H and O–H groups in total. The van der Waals surface area contributed by atoms with Crippen LogP contribution < -0.4 is 5.32 Å². The maximum absolute atomic E-state index is 11.0. The molecule has 6 heteroatoms. The quantitative estimate of drug-likeness (QED) is 0.818. The third-order valence-electron chi connectivity index (χ3n) is 3.36. The fourth-order valence-electron chi connectivity index (χ4n) is 2.49. The van der Waals surface area contributed by atoms with E-state index in [-0.39, 0.29) is 12.3 Å². The topological polar surface area (TPSA) is 75.1 Å². The minimum absolute atomic E-state index is 0.105. The van der Waals surface area contributed by atoms with E-state index >= 15 is 0 Å². The minimum atomic E-state index is -0.748. The Morgan fingerprint density at radius 3 is 2.86 bits per heavy atom. The fraction of sp³-hybridized carbons (Fsp3) is 0.533. The van der Waals surface area contributed by atoms with Gasteiger partial charge in [-0.05, 0) is 36.1 Å². The monoisotopic (exact) mass is 307 g/mol. The average Bonchev–Trinajstić information content (AvgIpc) is 2.77. The fourth-order valence-corrected chi connectivity index (χ4v) is 3.46. The first-order valence-electron chi connectivity index (χ1n) is 7.11. The van der Waals surface area contributed by atoms with Gasteiger partial charge < -0.3 is 10.4 Å². The molecule has 0 fully saturated rings. The number of carbonyl (C=O) groups is 1. The van der Waals surface area contributed by atoms with Crippen molar-refractivity contribution in [3.63, 3.8) is 0 Å². The van der Waals surface area contributed by atoms with Gasteiger partial charge >= 0.3 is 5.97 Å². The lowest BCUT2D eigenvalue weighted by Crippen LogP contribution is -2.20. The van der Waals surface area contributed by atoms with E-state index in [1.807, 2.05) is 6.92 Å². The molecule has 2 aromatic rings. The lowest BCUT2D eigenvalue weighted by atomic mass is 9.94. The van der Waals surface area contributed by atoms with Crippen molar-refractivity contribution in [2.24, 2.45) is 11.8 Å². The highest BCUT2D eigenvalue weighted by molar-refractivity contribution is 7.18. The molecule has 0 aromatic carbocycles. The smallest absolute Gasteiger partial charge is 0.303 e. The molecule has 0 radical (unpaired) electrons. The molecule has 1 unspecified atom stereocenters. The number of carboxylic acid groups (broad SMARTS) is 1. The third-order valence-corrected chi connectivity index (χ3v) is 4.45. The summed E-state index contributed by atoms with van der Waals surface area (Å²) < 4.78 is 1.04. The second-order valence-electron chi connectivity index (χ2n) is 5.79. The summed E-state index contributed by atoms with van der Waals surface area (Å²) in [7, 11) is 0. The van der Waals surface area contributed by atoms with Gasteiger partial charge in [-0.25, -0.2) is 9.97 Å². The van der Waals surface area contributed by atoms with Crippen molar-refractivity contribution in [3.05, 3.63) is 17.3 Å². The summed E-state index contributed by atoms with van der Waals surface area (Å²) in [5, 5.41) is 14.4. The Bertz CT molecular complexity index is 624. The molecule has 2 heterocycles. The number of nitrogens with one attached hydrogen (secondary N) is 1. The van der Waals surface area contributed by atoms with Crippen LogP contribution in [0.3, 0.4) is 0 Å². The van der Waals surface area contributed by atoms with E-state index in [4.69, 9.17) is 5.11 Å². The molecule has 5 nitrogen and oxygen atoms in total. The first-order valence-corrected chi connectivity index (χ1v) is 7.99. The number of nitrogens with zero attached hydrogens (tertiary/aromatic N) is 2. The molecule has 0 aliphatic heterocycles. The number of aryl methyl sites for hydroxylation is 1. The lowest BCUT2D eigenvalue weighted by molar-refractivity contribution is -0.138. The van der Waals surface area contributed by atoms with E-state index < -0.39 is 5.97 Å². The number of aromatic nitrogens is 2. The van der Waals surface area contributed by atoms with Crippen molar-refractivity contribution in [1.29, 1.82) is 0 Å². The molecule has 0 aliphatic carbocycles. The van der Waals surface area contributed by atoms with Crippen LogP contribution in [0.25, 0.3) is 10.2 Å². The summed E-state index contributed by atoms with van der Waals surface area (Å²) in [5.74, 6) is 0.638. The summed E-state index contributed by atoms with van der Waals surface area (Å²) in [4.78, 5) is 19.5. The molecular weight excluding hydrogens is 286 g/mol. The van der Waals surface area contributed by atoms with Gasteiger partial charge in [-0.15, -0.1) is 11.3 Å². The first-order chi connectivity index (χ1) is 9.97. The van der Waals surface area contributed by atoms with Crippen molar-refractivity contribution < 1.29 is 9.90 Å². The van der Waals surface area contributed by atoms with E-state index in [1.54, 1.807) is 17.7 Å². The van der Waals surface area contributed by atoms with Gasteiger partial charge in [-0.3, -0.25) is 4.79 Å². The van der Waals surface area contributed by atoms with Crippen LogP contribution in [-0.2, 0) is 4.79 Å². The minimum Gasteiger partial charge on any atom is -0.481 e. The van der Waals surface area contributed by atoms with Gasteiger partial charge in [0.25, 0.3) is 0 Å². The summed E-state index contributed by atoms with van der Waals surface area (Å²) >= 11 is 1.62. The number of carboxylic acids is 1. The van der Waals surface area contributed by atoms with Crippen molar-refractivity contribution in [3.8, 4) is 0 Å². The Hall–Kier alpha value is -1.69. The molecule has 1 atom stereocenters.